The summed E-state index contributed by atoms with van der Waals surface area (Å²) in [7, 11) is 0. The Bertz CT molecular complexity index is 402. The predicted molar refractivity (Wildman–Crippen MR) is 77.6 cm³/mol. The summed E-state index contributed by atoms with van der Waals surface area (Å²) in [5, 5.41) is 8.43. The van der Waals surface area contributed by atoms with Gasteiger partial charge in [-0.25, -0.2) is 0 Å². The quantitative estimate of drug-likeness (QED) is 0.795. The molecular formula is C14H21ClN4. The Morgan fingerprint density at radius 1 is 1.11 bits per heavy atom. The lowest BCUT2D eigenvalue weighted by atomic mass is 10.1. The van der Waals surface area contributed by atoms with Gasteiger partial charge in [0.15, 0.2) is 5.82 Å². The van der Waals surface area contributed by atoms with Crippen molar-refractivity contribution in [2.75, 3.05) is 31.1 Å². The Balaban J connectivity index is 1.61. The lowest BCUT2D eigenvalue weighted by Gasteiger charge is -2.32. The first-order valence-corrected chi connectivity index (χ1v) is 7.78. The maximum Gasteiger partial charge on any atom is 0.151 e. The second kappa shape index (κ2) is 6.06. The smallest absolute Gasteiger partial charge is 0.151 e. The summed E-state index contributed by atoms with van der Waals surface area (Å²) in [6, 6.07) is 4.72. The summed E-state index contributed by atoms with van der Waals surface area (Å²) in [5.74, 6) is 1.43. The van der Waals surface area contributed by atoms with E-state index in [9.17, 15) is 0 Å². The number of nitrogens with zero attached hydrogens (tertiary/aromatic N) is 4. The molecule has 0 amide bonds. The van der Waals surface area contributed by atoms with Gasteiger partial charge in [0.2, 0.25) is 0 Å². The van der Waals surface area contributed by atoms with Gasteiger partial charge in [-0.2, -0.15) is 5.10 Å². The van der Waals surface area contributed by atoms with E-state index < -0.39 is 0 Å². The summed E-state index contributed by atoms with van der Waals surface area (Å²) in [5.41, 5.74) is 0.845. The van der Waals surface area contributed by atoms with Gasteiger partial charge in [-0.3, -0.25) is 4.90 Å². The highest BCUT2D eigenvalue weighted by atomic mass is 35.5. The van der Waals surface area contributed by atoms with E-state index in [1.54, 1.807) is 0 Å². The van der Waals surface area contributed by atoms with Crippen LogP contribution in [0.25, 0.3) is 0 Å². The molecule has 3 rings (SSSR count). The van der Waals surface area contributed by atoms with E-state index >= 15 is 0 Å². The van der Waals surface area contributed by atoms with Crippen LogP contribution in [0.3, 0.4) is 0 Å². The minimum Gasteiger partial charge on any atom is -0.354 e. The van der Waals surface area contributed by atoms with E-state index in [4.69, 9.17) is 11.6 Å². The van der Waals surface area contributed by atoms with Crippen molar-refractivity contribution in [3.63, 3.8) is 0 Å². The molecule has 5 heteroatoms. The van der Waals surface area contributed by atoms with Crippen LogP contribution < -0.4 is 4.90 Å². The summed E-state index contributed by atoms with van der Waals surface area (Å²) in [6.45, 7) is 4.73. The van der Waals surface area contributed by atoms with E-state index in [2.05, 4.69) is 20.0 Å². The molecule has 0 spiro atoms. The van der Waals surface area contributed by atoms with Gasteiger partial charge in [-0.1, -0.05) is 6.42 Å². The fourth-order valence-electron chi connectivity index (χ4n) is 3.12. The normalized spacial score (nSPS) is 24.9. The lowest BCUT2D eigenvalue weighted by Crippen LogP contribution is -2.41. The van der Waals surface area contributed by atoms with Gasteiger partial charge >= 0.3 is 0 Å². The van der Waals surface area contributed by atoms with Crippen LogP contribution in [0.15, 0.2) is 12.1 Å². The van der Waals surface area contributed by atoms with Crippen molar-refractivity contribution >= 4 is 17.4 Å². The molecule has 0 aromatic carbocycles. The molecule has 1 aromatic heterocycles. The molecule has 1 aromatic rings. The molecule has 0 bridgehead atoms. The number of hydrogen-bond acceptors (Lipinski definition) is 4. The van der Waals surface area contributed by atoms with Crippen LogP contribution in [0.4, 0.5) is 5.82 Å². The van der Waals surface area contributed by atoms with Crippen molar-refractivity contribution in [1.82, 2.24) is 15.1 Å². The van der Waals surface area contributed by atoms with E-state index in [-0.39, 0.29) is 0 Å². The Hall–Kier alpha value is -0.870. The average molecular weight is 281 g/mol. The number of likely N-dealkylation sites (tertiary alicyclic amines) is 1. The van der Waals surface area contributed by atoms with Gasteiger partial charge in [0, 0.05) is 19.1 Å². The van der Waals surface area contributed by atoms with E-state index in [0.29, 0.717) is 11.9 Å². The van der Waals surface area contributed by atoms with Crippen molar-refractivity contribution < 1.29 is 0 Å². The first-order chi connectivity index (χ1) is 9.36. The van der Waals surface area contributed by atoms with Crippen molar-refractivity contribution in [3.8, 4) is 0 Å². The molecule has 2 aliphatic heterocycles. The minimum absolute atomic E-state index is 0.434. The molecule has 2 fully saturated rings. The zero-order valence-corrected chi connectivity index (χ0v) is 12.0. The number of piperidine rings is 1. The Labute approximate surface area is 119 Å². The summed E-state index contributed by atoms with van der Waals surface area (Å²) >= 11 is 5.74. The van der Waals surface area contributed by atoms with Crippen LogP contribution in [0, 0.1) is 0 Å². The molecular weight excluding hydrogens is 260 g/mol. The third-order valence-electron chi connectivity index (χ3n) is 4.24. The highest BCUT2D eigenvalue weighted by molar-refractivity contribution is 6.16. The number of hydrogen-bond donors (Lipinski definition) is 0. The summed E-state index contributed by atoms with van der Waals surface area (Å²) in [4.78, 5) is 5.01. The maximum absolute atomic E-state index is 5.74. The van der Waals surface area contributed by atoms with Gasteiger partial charge in [0.1, 0.15) is 0 Å². The molecule has 1 unspecified atom stereocenters. The molecule has 19 heavy (non-hydrogen) atoms. The topological polar surface area (TPSA) is 32.3 Å². The largest absolute Gasteiger partial charge is 0.354 e. The number of halogens is 1. The monoisotopic (exact) mass is 280 g/mol. The van der Waals surface area contributed by atoms with Gasteiger partial charge < -0.3 is 4.90 Å². The number of aromatic nitrogens is 2. The van der Waals surface area contributed by atoms with Crippen LogP contribution in [0.5, 0.6) is 0 Å². The van der Waals surface area contributed by atoms with Crippen LogP contribution >= 0.6 is 11.6 Å². The lowest BCUT2D eigenvalue weighted by molar-refractivity contribution is 0.174. The van der Waals surface area contributed by atoms with Gasteiger partial charge in [0.05, 0.1) is 11.6 Å². The van der Waals surface area contributed by atoms with Crippen molar-refractivity contribution in [2.24, 2.45) is 0 Å². The Morgan fingerprint density at radius 3 is 2.63 bits per heavy atom. The van der Waals surface area contributed by atoms with Crippen LogP contribution in [-0.4, -0.2) is 47.3 Å². The molecule has 0 aliphatic carbocycles. The van der Waals surface area contributed by atoms with Crippen molar-refractivity contribution in [1.29, 1.82) is 0 Å². The predicted octanol–water partition coefficient (Wildman–Crippen LogP) is 2.28. The second-order valence-corrected chi connectivity index (χ2v) is 5.77. The standard InChI is InChI=1S/C14H21ClN4/c15-10-12-4-5-14(17-16-12)19-9-6-13(11-19)18-7-2-1-3-8-18/h4-5,13H,1-3,6-11H2. The molecule has 2 saturated heterocycles. The summed E-state index contributed by atoms with van der Waals surface area (Å²) in [6.07, 6.45) is 5.37. The third kappa shape index (κ3) is 3.00. The Morgan fingerprint density at radius 2 is 1.95 bits per heavy atom. The van der Waals surface area contributed by atoms with E-state index in [1.165, 1.54) is 38.8 Å². The second-order valence-electron chi connectivity index (χ2n) is 5.50. The van der Waals surface area contributed by atoms with Gasteiger partial charge in [0.25, 0.3) is 0 Å². The molecule has 1 atom stereocenters. The number of anilines is 1. The highest BCUT2D eigenvalue weighted by Gasteiger charge is 2.29. The van der Waals surface area contributed by atoms with Gasteiger partial charge in [-0.15, -0.1) is 16.7 Å². The van der Waals surface area contributed by atoms with Crippen LogP contribution in [0.2, 0.25) is 0 Å². The molecule has 104 valence electrons. The fourth-order valence-corrected chi connectivity index (χ4v) is 3.27. The molecule has 3 heterocycles. The third-order valence-corrected chi connectivity index (χ3v) is 4.51. The SMILES string of the molecule is ClCc1ccc(N2CCC(N3CCCCC3)C2)nn1. The maximum atomic E-state index is 5.74. The first kappa shape index (κ1) is 13.1. The van der Waals surface area contributed by atoms with Crippen molar-refractivity contribution in [3.05, 3.63) is 17.8 Å². The number of alkyl halides is 1. The van der Waals surface area contributed by atoms with Crippen LogP contribution in [0.1, 0.15) is 31.4 Å². The molecule has 4 nitrogen and oxygen atoms in total. The molecule has 0 N–H and O–H groups in total. The zero-order valence-electron chi connectivity index (χ0n) is 11.3. The molecule has 2 aliphatic rings. The minimum atomic E-state index is 0.434. The molecule has 0 radical (unpaired) electrons. The highest BCUT2D eigenvalue weighted by Crippen LogP contribution is 2.23. The van der Waals surface area contributed by atoms with Crippen molar-refractivity contribution in [2.45, 2.75) is 37.6 Å². The number of rotatable bonds is 3. The average Bonchev–Trinajstić information content (AvgIpc) is 2.98. The summed E-state index contributed by atoms with van der Waals surface area (Å²) < 4.78 is 0. The zero-order chi connectivity index (χ0) is 13.1. The van der Waals surface area contributed by atoms with E-state index in [0.717, 1.165) is 24.6 Å². The first-order valence-electron chi connectivity index (χ1n) is 7.24. The Kier molecular flexibility index (Phi) is 4.18. The fraction of sp³-hybridized carbons (Fsp3) is 0.714. The van der Waals surface area contributed by atoms with Crippen LogP contribution in [-0.2, 0) is 5.88 Å². The van der Waals surface area contributed by atoms with Gasteiger partial charge in [-0.05, 0) is 44.5 Å². The van der Waals surface area contributed by atoms with E-state index in [1.807, 2.05) is 12.1 Å². The molecule has 0 saturated carbocycles.